The number of hydrogen-bond acceptors (Lipinski definition) is 4. The summed E-state index contributed by atoms with van der Waals surface area (Å²) < 4.78 is 5.32. The normalized spacial score (nSPS) is 17.1. The zero-order chi connectivity index (χ0) is 18.4. The first-order valence-corrected chi connectivity index (χ1v) is 9.86. The van der Waals surface area contributed by atoms with Crippen molar-refractivity contribution in [2.75, 3.05) is 13.2 Å². The molecule has 6 heteroatoms. The van der Waals surface area contributed by atoms with Gasteiger partial charge in [-0.05, 0) is 61.7 Å². The maximum absolute atomic E-state index is 13.0. The highest BCUT2D eigenvalue weighted by Crippen LogP contribution is 2.25. The highest BCUT2D eigenvalue weighted by molar-refractivity contribution is 7.09. The molecule has 2 heterocycles. The summed E-state index contributed by atoms with van der Waals surface area (Å²) in [5.74, 6) is -0.0152. The van der Waals surface area contributed by atoms with Gasteiger partial charge in [-0.3, -0.25) is 9.59 Å². The van der Waals surface area contributed by atoms with E-state index in [4.69, 9.17) is 10.5 Å². The molecule has 0 spiro atoms. The van der Waals surface area contributed by atoms with E-state index < -0.39 is 5.91 Å². The van der Waals surface area contributed by atoms with Crippen LogP contribution >= 0.6 is 11.3 Å². The predicted molar refractivity (Wildman–Crippen MR) is 102 cm³/mol. The van der Waals surface area contributed by atoms with Crippen LogP contribution in [0.1, 0.15) is 40.9 Å². The molecule has 5 nitrogen and oxygen atoms in total. The average Bonchev–Trinajstić information content (AvgIpc) is 3.18. The number of rotatable bonds is 7. The van der Waals surface area contributed by atoms with Gasteiger partial charge in [0.15, 0.2) is 6.61 Å². The van der Waals surface area contributed by atoms with Crippen molar-refractivity contribution in [1.82, 2.24) is 4.90 Å². The average molecular weight is 372 g/mol. The molecule has 1 unspecified atom stereocenters. The summed E-state index contributed by atoms with van der Waals surface area (Å²) in [6.07, 6.45) is 5.26. The van der Waals surface area contributed by atoms with Gasteiger partial charge in [0, 0.05) is 23.0 Å². The van der Waals surface area contributed by atoms with Gasteiger partial charge in [-0.1, -0.05) is 12.1 Å². The Morgan fingerprint density at radius 2 is 2.12 bits per heavy atom. The fourth-order valence-electron chi connectivity index (χ4n) is 3.37. The van der Waals surface area contributed by atoms with Gasteiger partial charge >= 0.3 is 0 Å². The molecular weight excluding hydrogens is 348 g/mol. The molecule has 0 saturated carbocycles. The third-order valence-electron chi connectivity index (χ3n) is 4.65. The quantitative estimate of drug-likeness (QED) is 0.811. The molecular formula is C20H24N2O3S. The Balaban J connectivity index is 1.67. The Bertz CT molecular complexity index is 745. The topological polar surface area (TPSA) is 72.6 Å². The fourth-order valence-corrected chi connectivity index (χ4v) is 4.10. The third kappa shape index (κ3) is 4.85. The van der Waals surface area contributed by atoms with E-state index in [1.807, 2.05) is 4.90 Å². The van der Waals surface area contributed by atoms with Crippen molar-refractivity contribution in [3.05, 3.63) is 52.2 Å². The maximum atomic E-state index is 13.0. The molecule has 1 aromatic heterocycles. The van der Waals surface area contributed by atoms with Gasteiger partial charge in [-0.2, -0.15) is 0 Å². The molecule has 138 valence electrons. The SMILES string of the molecule is NC(=O)COc1cccc(C(=O)N2CCCCC2CCc2cccs2)c1. The molecule has 1 fully saturated rings. The Morgan fingerprint density at radius 1 is 1.23 bits per heavy atom. The van der Waals surface area contributed by atoms with Crippen LogP contribution in [0.5, 0.6) is 5.75 Å². The van der Waals surface area contributed by atoms with Gasteiger partial charge in [0.25, 0.3) is 11.8 Å². The van der Waals surface area contributed by atoms with Gasteiger partial charge in [0.05, 0.1) is 0 Å². The van der Waals surface area contributed by atoms with Crippen molar-refractivity contribution in [3.63, 3.8) is 0 Å². The molecule has 0 radical (unpaired) electrons. The maximum Gasteiger partial charge on any atom is 0.255 e. The van der Waals surface area contributed by atoms with Crippen LogP contribution in [-0.2, 0) is 11.2 Å². The number of carbonyl (C=O) groups is 2. The lowest BCUT2D eigenvalue weighted by molar-refractivity contribution is -0.119. The Kier molecular flexibility index (Phi) is 6.28. The van der Waals surface area contributed by atoms with Crippen LogP contribution in [0.4, 0.5) is 0 Å². The van der Waals surface area contributed by atoms with Crippen LogP contribution in [0.2, 0.25) is 0 Å². The van der Waals surface area contributed by atoms with Crippen LogP contribution < -0.4 is 10.5 Å². The van der Waals surface area contributed by atoms with Crippen LogP contribution in [0.25, 0.3) is 0 Å². The summed E-state index contributed by atoms with van der Waals surface area (Å²) in [7, 11) is 0. The first-order chi connectivity index (χ1) is 12.6. The molecule has 1 atom stereocenters. The predicted octanol–water partition coefficient (Wildman–Crippen LogP) is 3.24. The number of benzene rings is 1. The number of primary amides is 1. The number of likely N-dealkylation sites (tertiary alicyclic amines) is 1. The molecule has 26 heavy (non-hydrogen) atoms. The highest BCUT2D eigenvalue weighted by Gasteiger charge is 2.27. The zero-order valence-corrected chi connectivity index (χ0v) is 15.5. The Labute approximate surface area is 157 Å². The van der Waals surface area contributed by atoms with Gasteiger partial charge in [0.2, 0.25) is 0 Å². The Morgan fingerprint density at radius 3 is 2.88 bits per heavy atom. The van der Waals surface area contributed by atoms with Gasteiger partial charge in [-0.15, -0.1) is 11.3 Å². The van der Waals surface area contributed by atoms with Crippen molar-refractivity contribution >= 4 is 23.2 Å². The number of carbonyl (C=O) groups excluding carboxylic acids is 2. The molecule has 0 bridgehead atoms. The van der Waals surface area contributed by atoms with E-state index in [2.05, 4.69) is 17.5 Å². The molecule has 1 aromatic carbocycles. The van der Waals surface area contributed by atoms with E-state index in [0.29, 0.717) is 11.3 Å². The number of amides is 2. The molecule has 2 N–H and O–H groups in total. The number of nitrogens with zero attached hydrogens (tertiary/aromatic N) is 1. The minimum absolute atomic E-state index is 0.0328. The monoisotopic (exact) mass is 372 g/mol. The van der Waals surface area contributed by atoms with E-state index in [0.717, 1.165) is 32.2 Å². The summed E-state index contributed by atoms with van der Waals surface area (Å²) >= 11 is 1.77. The highest BCUT2D eigenvalue weighted by atomic mass is 32.1. The second-order valence-electron chi connectivity index (χ2n) is 6.55. The number of aryl methyl sites for hydroxylation is 1. The summed E-state index contributed by atoms with van der Waals surface area (Å²) in [5.41, 5.74) is 5.70. The minimum Gasteiger partial charge on any atom is -0.484 e. The summed E-state index contributed by atoms with van der Waals surface area (Å²) in [6, 6.07) is 11.5. The Hall–Kier alpha value is -2.34. The number of thiophene rings is 1. The van der Waals surface area contributed by atoms with E-state index in [-0.39, 0.29) is 18.6 Å². The molecule has 1 aliphatic heterocycles. The van der Waals surface area contributed by atoms with Gasteiger partial charge < -0.3 is 15.4 Å². The summed E-state index contributed by atoms with van der Waals surface area (Å²) in [4.78, 5) is 27.3. The lowest BCUT2D eigenvalue weighted by Gasteiger charge is -2.36. The first-order valence-electron chi connectivity index (χ1n) is 8.98. The van der Waals surface area contributed by atoms with Crippen LogP contribution in [-0.4, -0.2) is 35.9 Å². The van der Waals surface area contributed by atoms with Crippen molar-refractivity contribution < 1.29 is 14.3 Å². The third-order valence-corrected chi connectivity index (χ3v) is 5.59. The smallest absolute Gasteiger partial charge is 0.255 e. The summed E-state index contributed by atoms with van der Waals surface area (Å²) in [5, 5.41) is 2.09. The van der Waals surface area contributed by atoms with Crippen molar-refractivity contribution in [2.45, 2.75) is 38.1 Å². The number of hydrogen-bond donors (Lipinski definition) is 1. The van der Waals surface area contributed by atoms with Gasteiger partial charge in [-0.25, -0.2) is 0 Å². The lowest BCUT2D eigenvalue weighted by Crippen LogP contribution is -2.44. The largest absolute Gasteiger partial charge is 0.484 e. The number of ether oxygens (including phenoxy) is 1. The first kappa shape index (κ1) is 18.5. The molecule has 1 saturated heterocycles. The second-order valence-corrected chi connectivity index (χ2v) is 7.58. The van der Waals surface area contributed by atoms with Crippen LogP contribution in [0, 0.1) is 0 Å². The van der Waals surface area contributed by atoms with Crippen LogP contribution in [0.3, 0.4) is 0 Å². The van der Waals surface area contributed by atoms with Gasteiger partial charge in [0.1, 0.15) is 5.75 Å². The standard InChI is InChI=1S/C20H24N2O3S/c21-19(23)14-25-17-7-3-5-15(13-17)20(24)22-11-2-1-6-16(22)9-10-18-8-4-12-26-18/h3-5,7-8,12-13,16H,1-2,6,9-11,14H2,(H2,21,23). The van der Waals surface area contributed by atoms with E-state index >= 15 is 0 Å². The fraction of sp³-hybridized carbons (Fsp3) is 0.400. The van der Waals surface area contributed by atoms with Crippen molar-refractivity contribution in [1.29, 1.82) is 0 Å². The second kappa shape index (κ2) is 8.85. The molecule has 2 aromatic rings. The van der Waals surface area contributed by atoms with E-state index in [9.17, 15) is 9.59 Å². The van der Waals surface area contributed by atoms with Crippen LogP contribution in [0.15, 0.2) is 41.8 Å². The molecule has 1 aliphatic rings. The molecule has 0 aliphatic carbocycles. The zero-order valence-electron chi connectivity index (χ0n) is 14.7. The van der Waals surface area contributed by atoms with Crippen molar-refractivity contribution in [3.8, 4) is 5.75 Å². The minimum atomic E-state index is -0.536. The summed E-state index contributed by atoms with van der Waals surface area (Å²) in [6.45, 7) is 0.602. The molecule has 2 amide bonds. The van der Waals surface area contributed by atoms with Crippen molar-refractivity contribution in [2.24, 2.45) is 5.73 Å². The number of piperidine rings is 1. The van der Waals surface area contributed by atoms with E-state index in [1.54, 1.807) is 35.6 Å². The molecule has 3 rings (SSSR count). The number of nitrogens with two attached hydrogens (primary N) is 1. The van der Waals surface area contributed by atoms with E-state index in [1.165, 1.54) is 11.3 Å². The lowest BCUT2D eigenvalue weighted by atomic mass is 9.96.